The molecule has 0 aliphatic carbocycles. The van der Waals surface area contributed by atoms with E-state index in [9.17, 15) is 14.4 Å². The van der Waals surface area contributed by atoms with Crippen LogP contribution >= 0.6 is 0 Å². The lowest BCUT2D eigenvalue weighted by Crippen LogP contribution is -2.24. The van der Waals surface area contributed by atoms with Crippen LogP contribution in [0, 0.1) is 13.8 Å². The van der Waals surface area contributed by atoms with Crippen LogP contribution in [0.5, 0.6) is 0 Å². The zero-order valence-electron chi connectivity index (χ0n) is 13.3. The number of ether oxygens (including phenoxy) is 1. The molecule has 1 aromatic carbocycles. The average molecular weight is 315 g/mol. The summed E-state index contributed by atoms with van der Waals surface area (Å²) in [5, 5.41) is 6.61. The minimum Gasteiger partial charge on any atom is -0.465 e. The molecule has 0 saturated carbocycles. The number of carbonyl (C=O) groups is 3. The number of aryl methyl sites for hydroxylation is 2. The third kappa shape index (κ3) is 3.28. The van der Waals surface area contributed by atoms with Crippen molar-refractivity contribution in [2.45, 2.75) is 13.8 Å². The van der Waals surface area contributed by atoms with Gasteiger partial charge in [-0.2, -0.15) is 5.10 Å². The Bertz CT molecular complexity index is 793. The fourth-order valence-electron chi connectivity index (χ4n) is 2.25. The molecule has 0 fully saturated rings. The maximum atomic E-state index is 12.3. The number of carbonyl (C=O) groups excluding carboxylic acids is 3. The Kier molecular flexibility index (Phi) is 4.59. The molecule has 0 unspecified atom stereocenters. The van der Waals surface area contributed by atoms with E-state index < -0.39 is 17.7 Å². The Morgan fingerprint density at radius 3 is 2.48 bits per heavy atom. The molecule has 1 heterocycles. The van der Waals surface area contributed by atoms with Gasteiger partial charge in [-0.1, -0.05) is 6.07 Å². The summed E-state index contributed by atoms with van der Waals surface area (Å²) < 4.78 is 6.17. The predicted molar refractivity (Wildman–Crippen MR) is 83.4 cm³/mol. The maximum absolute atomic E-state index is 12.3. The normalized spacial score (nSPS) is 10.3. The molecule has 0 aliphatic rings. The number of rotatable bonds is 4. The number of methoxy groups -OCH3 is 1. The van der Waals surface area contributed by atoms with Crippen molar-refractivity contribution in [2.24, 2.45) is 7.05 Å². The summed E-state index contributed by atoms with van der Waals surface area (Å²) in [6.45, 7) is 3.39. The number of amides is 1. The Hall–Kier alpha value is -2.96. The first-order valence-corrected chi connectivity index (χ1v) is 6.89. The highest BCUT2D eigenvalue weighted by Gasteiger charge is 2.24. The van der Waals surface area contributed by atoms with Crippen LogP contribution in [0.3, 0.4) is 0 Å². The molecule has 0 radical (unpaired) electrons. The second kappa shape index (κ2) is 6.43. The molecule has 2 aromatic rings. The summed E-state index contributed by atoms with van der Waals surface area (Å²) in [6.07, 6.45) is 0. The highest BCUT2D eigenvalue weighted by molar-refractivity contribution is 6.47. The first-order valence-electron chi connectivity index (χ1n) is 6.89. The number of hydrogen-bond acceptors (Lipinski definition) is 5. The minimum absolute atomic E-state index is 0.284. The Morgan fingerprint density at radius 1 is 1.22 bits per heavy atom. The summed E-state index contributed by atoms with van der Waals surface area (Å²) in [4.78, 5) is 36.0. The van der Waals surface area contributed by atoms with Crippen LogP contribution in [0.15, 0.2) is 24.3 Å². The Labute approximate surface area is 133 Å². The van der Waals surface area contributed by atoms with Gasteiger partial charge in [-0.25, -0.2) is 4.79 Å². The van der Waals surface area contributed by atoms with Gasteiger partial charge in [-0.15, -0.1) is 0 Å². The first-order chi connectivity index (χ1) is 10.8. The van der Waals surface area contributed by atoms with Crippen LogP contribution in [-0.2, 0) is 16.6 Å². The van der Waals surface area contributed by atoms with Crippen LogP contribution in [0.4, 0.5) is 5.69 Å². The van der Waals surface area contributed by atoms with Gasteiger partial charge < -0.3 is 10.1 Å². The number of anilines is 1. The van der Waals surface area contributed by atoms with Gasteiger partial charge in [0.05, 0.1) is 23.9 Å². The van der Waals surface area contributed by atoms with Gasteiger partial charge in [0.15, 0.2) is 0 Å². The molecule has 2 rings (SSSR count). The van der Waals surface area contributed by atoms with Gasteiger partial charge in [0, 0.05) is 18.4 Å². The predicted octanol–water partition coefficient (Wildman–Crippen LogP) is 1.64. The second-order valence-electron chi connectivity index (χ2n) is 5.03. The Balaban J connectivity index is 2.22. The van der Waals surface area contributed by atoms with Crippen LogP contribution in [-0.4, -0.2) is 34.6 Å². The number of nitrogens with one attached hydrogen (secondary N) is 1. The molecular formula is C16H17N3O4. The van der Waals surface area contributed by atoms with Crippen LogP contribution in [0.25, 0.3) is 0 Å². The van der Waals surface area contributed by atoms with E-state index in [0.29, 0.717) is 17.1 Å². The quantitative estimate of drug-likeness (QED) is 0.526. The summed E-state index contributed by atoms with van der Waals surface area (Å²) in [5.41, 5.74) is 2.02. The molecule has 1 aromatic heterocycles. The maximum Gasteiger partial charge on any atom is 0.337 e. The number of nitrogens with zero attached hydrogens (tertiary/aromatic N) is 2. The number of esters is 1. The van der Waals surface area contributed by atoms with Gasteiger partial charge in [0.2, 0.25) is 0 Å². The van der Waals surface area contributed by atoms with Crippen molar-refractivity contribution in [1.82, 2.24) is 9.78 Å². The molecule has 0 aliphatic heterocycles. The molecule has 1 amide bonds. The number of Topliss-reactive ketones (excluding diaryl/α,β-unsaturated/α-hetero) is 1. The van der Waals surface area contributed by atoms with Gasteiger partial charge in [-0.3, -0.25) is 14.3 Å². The van der Waals surface area contributed by atoms with Crippen molar-refractivity contribution < 1.29 is 19.1 Å². The fraction of sp³-hybridized carbons (Fsp3) is 0.250. The van der Waals surface area contributed by atoms with Crippen molar-refractivity contribution in [1.29, 1.82) is 0 Å². The van der Waals surface area contributed by atoms with Crippen molar-refractivity contribution >= 4 is 23.3 Å². The Morgan fingerprint density at radius 2 is 1.91 bits per heavy atom. The molecule has 0 saturated heterocycles. The monoisotopic (exact) mass is 315 g/mol. The van der Waals surface area contributed by atoms with E-state index in [-0.39, 0.29) is 11.1 Å². The molecule has 0 bridgehead atoms. The number of hydrogen-bond donors (Lipinski definition) is 1. The van der Waals surface area contributed by atoms with Crippen LogP contribution in [0.1, 0.15) is 32.1 Å². The van der Waals surface area contributed by atoms with Gasteiger partial charge in [0.1, 0.15) is 0 Å². The van der Waals surface area contributed by atoms with E-state index in [4.69, 9.17) is 0 Å². The van der Waals surface area contributed by atoms with Gasteiger partial charge >= 0.3 is 5.97 Å². The molecule has 1 N–H and O–H groups in total. The molecular weight excluding hydrogens is 298 g/mol. The highest BCUT2D eigenvalue weighted by atomic mass is 16.5. The molecule has 0 spiro atoms. The number of ketones is 1. The van der Waals surface area contributed by atoms with Crippen molar-refractivity contribution in [3.8, 4) is 0 Å². The summed E-state index contributed by atoms with van der Waals surface area (Å²) in [6, 6.07) is 6.17. The van der Waals surface area contributed by atoms with E-state index in [0.717, 1.165) is 0 Å². The largest absolute Gasteiger partial charge is 0.465 e. The standard InChI is InChI=1S/C16H17N3O4/c1-9-13(10(2)19(3)18-9)14(20)15(21)17-12-7-5-6-11(8-12)16(22)23-4/h5-8H,1-4H3,(H,17,21). The topological polar surface area (TPSA) is 90.3 Å². The molecule has 23 heavy (non-hydrogen) atoms. The van der Waals surface area contributed by atoms with Crippen molar-refractivity contribution in [2.75, 3.05) is 12.4 Å². The SMILES string of the molecule is COC(=O)c1cccc(NC(=O)C(=O)c2c(C)nn(C)c2C)c1. The van der Waals surface area contributed by atoms with Crippen LogP contribution < -0.4 is 5.32 Å². The third-order valence-electron chi connectivity index (χ3n) is 3.48. The lowest BCUT2D eigenvalue weighted by molar-refractivity contribution is -0.112. The first kappa shape index (κ1) is 16.4. The number of benzene rings is 1. The minimum atomic E-state index is -0.786. The van der Waals surface area contributed by atoms with E-state index in [1.54, 1.807) is 43.8 Å². The smallest absolute Gasteiger partial charge is 0.337 e. The van der Waals surface area contributed by atoms with E-state index in [2.05, 4.69) is 15.2 Å². The molecule has 0 atom stereocenters. The van der Waals surface area contributed by atoms with Crippen molar-refractivity contribution in [3.05, 3.63) is 46.8 Å². The second-order valence-corrected chi connectivity index (χ2v) is 5.03. The average Bonchev–Trinajstić information content (AvgIpc) is 2.78. The van der Waals surface area contributed by atoms with Crippen molar-refractivity contribution in [3.63, 3.8) is 0 Å². The van der Waals surface area contributed by atoms with E-state index in [1.165, 1.54) is 13.2 Å². The molecule has 120 valence electrons. The molecule has 7 nitrogen and oxygen atoms in total. The third-order valence-corrected chi connectivity index (χ3v) is 3.48. The molecule has 7 heteroatoms. The summed E-state index contributed by atoms with van der Waals surface area (Å²) >= 11 is 0. The lowest BCUT2D eigenvalue weighted by atomic mass is 10.1. The lowest BCUT2D eigenvalue weighted by Gasteiger charge is -2.06. The van der Waals surface area contributed by atoms with E-state index >= 15 is 0 Å². The van der Waals surface area contributed by atoms with Gasteiger partial charge in [-0.05, 0) is 32.0 Å². The summed E-state index contributed by atoms with van der Waals surface area (Å²) in [7, 11) is 2.97. The number of aromatic nitrogens is 2. The van der Waals surface area contributed by atoms with E-state index in [1.807, 2.05) is 0 Å². The fourth-order valence-corrected chi connectivity index (χ4v) is 2.25. The zero-order valence-corrected chi connectivity index (χ0v) is 13.3. The summed E-state index contributed by atoms with van der Waals surface area (Å²) in [5.74, 6) is -1.98. The zero-order chi connectivity index (χ0) is 17.1. The highest BCUT2D eigenvalue weighted by Crippen LogP contribution is 2.15. The van der Waals surface area contributed by atoms with Crippen LogP contribution in [0.2, 0.25) is 0 Å². The van der Waals surface area contributed by atoms with Gasteiger partial charge in [0.25, 0.3) is 11.7 Å².